The van der Waals surface area contributed by atoms with Crippen molar-refractivity contribution in [2.75, 3.05) is 27.4 Å². The maximum Gasteiger partial charge on any atom is 0.248 e. The Labute approximate surface area is 280 Å². The SMILES string of the molecule is CCCCCOc1cc(C(C#N)(CCCC(CC2Oc3ccccc3O2)[N+](=O)[O-])C(CC)CC)c(OCCCCC)c(OC)c1OC. The van der Waals surface area contributed by atoms with Crippen LogP contribution in [-0.2, 0) is 5.41 Å². The van der Waals surface area contributed by atoms with Gasteiger partial charge >= 0.3 is 0 Å². The molecule has 47 heavy (non-hydrogen) atoms. The smallest absolute Gasteiger partial charge is 0.248 e. The predicted molar refractivity (Wildman–Crippen MR) is 182 cm³/mol. The molecule has 0 amide bonds. The van der Waals surface area contributed by atoms with Gasteiger partial charge in [-0.15, -0.1) is 0 Å². The average Bonchev–Trinajstić information content (AvgIpc) is 3.50. The Balaban J connectivity index is 2.00. The minimum Gasteiger partial charge on any atom is -0.490 e. The molecule has 10 nitrogen and oxygen atoms in total. The lowest BCUT2D eigenvalue weighted by Crippen LogP contribution is -2.35. The number of methoxy groups -OCH3 is 2. The molecule has 0 spiro atoms. The van der Waals surface area contributed by atoms with E-state index in [4.69, 9.17) is 28.4 Å². The number of fused-ring (bicyclic) bond motifs is 1. The first-order valence-electron chi connectivity index (χ1n) is 17.4. The second kappa shape index (κ2) is 19.1. The molecule has 2 atom stereocenters. The Bertz CT molecular complexity index is 1280. The van der Waals surface area contributed by atoms with E-state index in [9.17, 15) is 15.4 Å². The summed E-state index contributed by atoms with van der Waals surface area (Å²) in [6.45, 7) is 9.38. The molecule has 260 valence electrons. The molecule has 1 aliphatic rings. The first-order valence-corrected chi connectivity index (χ1v) is 17.4. The largest absolute Gasteiger partial charge is 0.490 e. The van der Waals surface area contributed by atoms with E-state index >= 15 is 0 Å². The number of nitriles is 1. The third-order valence-electron chi connectivity index (χ3n) is 9.16. The van der Waals surface area contributed by atoms with Crippen molar-refractivity contribution in [2.24, 2.45) is 5.92 Å². The number of nitro groups is 1. The van der Waals surface area contributed by atoms with E-state index in [-0.39, 0.29) is 23.7 Å². The molecule has 1 aliphatic heterocycles. The zero-order valence-corrected chi connectivity index (χ0v) is 29.2. The van der Waals surface area contributed by atoms with Crippen LogP contribution in [0.5, 0.6) is 34.5 Å². The monoisotopic (exact) mass is 654 g/mol. The van der Waals surface area contributed by atoms with Crippen LogP contribution < -0.4 is 28.4 Å². The number of unbranched alkanes of at least 4 members (excludes halogenated alkanes) is 4. The maximum atomic E-state index is 12.2. The Morgan fingerprint density at radius 3 is 2.00 bits per heavy atom. The van der Waals surface area contributed by atoms with E-state index in [1.165, 1.54) is 0 Å². The third kappa shape index (κ3) is 9.36. The molecule has 1 heterocycles. The molecule has 0 bridgehead atoms. The van der Waals surface area contributed by atoms with E-state index in [1.54, 1.807) is 26.4 Å². The molecule has 3 rings (SSSR count). The number of nitrogens with zero attached hydrogens (tertiary/aromatic N) is 2. The first-order chi connectivity index (χ1) is 22.8. The number of hydrogen-bond acceptors (Lipinski definition) is 9. The van der Waals surface area contributed by atoms with Gasteiger partial charge in [0.1, 0.15) is 0 Å². The fourth-order valence-corrected chi connectivity index (χ4v) is 6.57. The number of para-hydroxylation sites is 2. The van der Waals surface area contributed by atoms with Gasteiger partial charge in [-0.1, -0.05) is 78.4 Å². The molecule has 0 radical (unpaired) electrons. The number of rotatable bonds is 23. The highest BCUT2D eigenvalue weighted by Crippen LogP contribution is 2.54. The Morgan fingerprint density at radius 2 is 1.49 bits per heavy atom. The molecule has 0 aliphatic carbocycles. The van der Waals surface area contributed by atoms with E-state index in [0.29, 0.717) is 66.1 Å². The number of benzene rings is 2. The third-order valence-corrected chi connectivity index (χ3v) is 9.16. The summed E-state index contributed by atoms with van der Waals surface area (Å²) >= 11 is 0. The minimum atomic E-state index is -1.03. The first kappa shape index (κ1) is 37.6. The number of hydrogen-bond donors (Lipinski definition) is 0. The van der Waals surface area contributed by atoms with Gasteiger partial charge in [-0.3, -0.25) is 10.1 Å². The van der Waals surface area contributed by atoms with Crippen LogP contribution in [-0.4, -0.2) is 44.7 Å². The molecule has 2 aromatic carbocycles. The van der Waals surface area contributed by atoms with Crippen LogP contribution in [0.1, 0.15) is 110 Å². The van der Waals surface area contributed by atoms with Crippen molar-refractivity contribution in [1.82, 2.24) is 0 Å². The highest BCUT2D eigenvalue weighted by atomic mass is 16.7. The van der Waals surface area contributed by atoms with Crippen LogP contribution in [0.25, 0.3) is 0 Å². The predicted octanol–water partition coefficient (Wildman–Crippen LogP) is 9.04. The van der Waals surface area contributed by atoms with Crippen LogP contribution in [0.15, 0.2) is 30.3 Å². The van der Waals surface area contributed by atoms with Gasteiger partial charge in [0.25, 0.3) is 0 Å². The van der Waals surface area contributed by atoms with Crippen LogP contribution in [0.2, 0.25) is 0 Å². The van der Waals surface area contributed by atoms with Crippen molar-refractivity contribution in [2.45, 2.75) is 122 Å². The van der Waals surface area contributed by atoms with E-state index in [2.05, 4.69) is 33.8 Å². The lowest BCUT2D eigenvalue weighted by Gasteiger charge is -2.37. The molecule has 0 saturated carbocycles. The van der Waals surface area contributed by atoms with E-state index < -0.39 is 17.7 Å². The van der Waals surface area contributed by atoms with Gasteiger partial charge in [0, 0.05) is 16.9 Å². The summed E-state index contributed by atoms with van der Waals surface area (Å²) in [6, 6.07) is 11.0. The lowest BCUT2D eigenvalue weighted by molar-refractivity contribution is -0.527. The standard InChI is InChI=1S/C37H54N2O8/c1-7-11-15-22-44-32-25-29(34(45-23-16-12-8-2)36(43-6)35(32)42-5)37(26-38,27(9-3)10-4)21-17-18-28(39(40)41)24-33-46-30-19-13-14-20-31(30)47-33/h13-14,19-20,25,27-28,33H,7-12,15-18,21-24H2,1-6H3. The van der Waals surface area contributed by atoms with Gasteiger partial charge in [0.15, 0.2) is 23.0 Å². The Kier molecular flexibility index (Phi) is 15.3. The summed E-state index contributed by atoms with van der Waals surface area (Å²) in [7, 11) is 3.14. The van der Waals surface area contributed by atoms with Crippen LogP contribution >= 0.6 is 0 Å². The molecule has 2 aromatic rings. The minimum absolute atomic E-state index is 0.0541. The summed E-state index contributed by atoms with van der Waals surface area (Å²) in [5, 5.41) is 23.4. The van der Waals surface area contributed by atoms with Crippen molar-refractivity contribution >= 4 is 0 Å². The summed E-state index contributed by atoms with van der Waals surface area (Å²) in [5.41, 5.74) is -0.341. The summed E-state index contributed by atoms with van der Waals surface area (Å²) < 4.78 is 36.2. The van der Waals surface area contributed by atoms with Crippen molar-refractivity contribution < 1.29 is 33.3 Å². The zero-order chi connectivity index (χ0) is 34.2. The molecule has 2 unspecified atom stereocenters. The number of ether oxygens (including phenoxy) is 6. The van der Waals surface area contributed by atoms with E-state index in [0.717, 1.165) is 51.4 Å². The van der Waals surface area contributed by atoms with Crippen LogP contribution in [0.4, 0.5) is 0 Å². The molecule has 10 heteroatoms. The Hall–Kier alpha value is -3.87. The molecule has 0 aromatic heterocycles. The van der Waals surface area contributed by atoms with Crippen LogP contribution in [0.3, 0.4) is 0 Å². The van der Waals surface area contributed by atoms with Gasteiger partial charge in [0.05, 0.1) is 45.3 Å². The second-order valence-electron chi connectivity index (χ2n) is 12.2. The molecule has 0 N–H and O–H groups in total. The topological polar surface area (TPSA) is 122 Å². The van der Waals surface area contributed by atoms with Crippen molar-refractivity contribution in [1.29, 1.82) is 5.26 Å². The van der Waals surface area contributed by atoms with E-state index in [1.807, 2.05) is 18.2 Å². The van der Waals surface area contributed by atoms with Gasteiger partial charge in [-0.05, 0) is 49.8 Å². The van der Waals surface area contributed by atoms with Gasteiger partial charge in [0.2, 0.25) is 23.8 Å². The summed E-state index contributed by atoms with van der Waals surface area (Å²) in [6.07, 6.45) is 7.79. The fourth-order valence-electron chi connectivity index (χ4n) is 6.57. The van der Waals surface area contributed by atoms with Crippen molar-refractivity contribution in [3.63, 3.8) is 0 Å². The normalized spacial score (nSPS) is 14.3. The van der Waals surface area contributed by atoms with Crippen LogP contribution in [0, 0.1) is 27.4 Å². The average molecular weight is 655 g/mol. The maximum absolute atomic E-state index is 12.2. The van der Waals surface area contributed by atoms with Crippen molar-refractivity contribution in [3.8, 4) is 40.6 Å². The van der Waals surface area contributed by atoms with Gasteiger partial charge in [-0.2, -0.15) is 5.26 Å². The summed E-state index contributed by atoms with van der Waals surface area (Å²) in [4.78, 5) is 12.0. The van der Waals surface area contributed by atoms with Crippen molar-refractivity contribution in [3.05, 3.63) is 46.0 Å². The zero-order valence-electron chi connectivity index (χ0n) is 29.2. The highest BCUT2D eigenvalue weighted by Gasteiger charge is 2.44. The second-order valence-corrected chi connectivity index (χ2v) is 12.2. The molecular weight excluding hydrogens is 600 g/mol. The molecule has 0 saturated heterocycles. The highest BCUT2D eigenvalue weighted by molar-refractivity contribution is 5.66. The Morgan fingerprint density at radius 1 is 0.894 bits per heavy atom. The fraction of sp³-hybridized carbons (Fsp3) is 0.649. The summed E-state index contributed by atoms with van der Waals surface area (Å²) in [5.74, 6) is 2.93. The quantitative estimate of drug-likeness (QED) is 0.0656. The molecule has 0 fully saturated rings. The molecular formula is C37H54N2O8. The van der Waals surface area contributed by atoms with Gasteiger partial charge < -0.3 is 28.4 Å². The lowest BCUT2D eigenvalue weighted by atomic mass is 9.65. The van der Waals surface area contributed by atoms with Gasteiger partial charge in [-0.25, -0.2) is 0 Å².